The van der Waals surface area contributed by atoms with Gasteiger partial charge in [0.1, 0.15) is 34.2 Å². The van der Waals surface area contributed by atoms with Crippen LogP contribution in [0.5, 0.6) is 17.2 Å². The molecular formula is C22H21NO5. The monoisotopic (exact) mass is 379 g/mol. The van der Waals surface area contributed by atoms with Crippen molar-refractivity contribution in [3.8, 4) is 17.2 Å². The van der Waals surface area contributed by atoms with Gasteiger partial charge in [0.25, 0.3) is 5.91 Å². The molecule has 0 saturated heterocycles. The van der Waals surface area contributed by atoms with Gasteiger partial charge in [-0.15, -0.1) is 0 Å². The summed E-state index contributed by atoms with van der Waals surface area (Å²) in [7, 11) is 5.06. The maximum atomic E-state index is 12.4. The predicted octanol–water partition coefficient (Wildman–Crippen LogP) is 5.30. The van der Waals surface area contributed by atoms with Crippen LogP contribution < -0.4 is 9.47 Å². The first kappa shape index (κ1) is 18.0. The number of aryl methyl sites for hydroxylation is 2. The third kappa shape index (κ3) is 2.87. The summed E-state index contributed by atoms with van der Waals surface area (Å²) in [6.45, 7) is 3.64. The fourth-order valence-corrected chi connectivity index (χ4v) is 3.30. The van der Waals surface area contributed by atoms with E-state index in [1.54, 1.807) is 34.2 Å². The minimum Gasteiger partial charge on any atom is -0.497 e. The van der Waals surface area contributed by atoms with Gasteiger partial charge in [-0.2, -0.15) is 0 Å². The number of amides is 1. The number of carbonyl (C=O) groups excluding carboxylic acids is 1. The largest absolute Gasteiger partial charge is 0.497 e. The van der Waals surface area contributed by atoms with Gasteiger partial charge in [-0.1, -0.05) is 0 Å². The van der Waals surface area contributed by atoms with E-state index in [2.05, 4.69) is 0 Å². The standard InChI is InChI=1S/C22H21NO5/c1-12-20(22(24)23(3)4)16-8-7-15(11-18(16)26-12)28-21-13(2)27-19-10-14(25-5)6-9-17(19)21/h6-11H,1-5H3. The molecule has 4 rings (SSSR count). The van der Waals surface area contributed by atoms with Crippen molar-refractivity contribution < 1.29 is 23.1 Å². The topological polar surface area (TPSA) is 65.1 Å². The second-order valence-electron chi connectivity index (χ2n) is 6.84. The molecule has 144 valence electrons. The fourth-order valence-electron chi connectivity index (χ4n) is 3.30. The van der Waals surface area contributed by atoms with E-state index in [0.29, 0.717) is 39.7 Å². The Hall–Kier alpha value is -3.41. The normalized spacial score (nSPS) is 11.2. The molecule has 0 aliphatic carbocycles. The minimum absolute atomic E-state index is 0.0875. The van der Waals surface area contributed by atoms with Crippen molar-refractivity contribution in [3.63, 3.8) is 0 Å². The Morgan fingerprint density at radius 3 is 2.21 bits per heavy atom. The van der Waals surface area contributed by atoms with Crippen LogP contribution in [0.15, 0.2) is 45.2 Å². The SMILES string of the molecule is COc1ccc2c(Oc3ccc4c(C(=O)N(C)C)c(C)oc4c3)c(C)oc2c1. The zero-order chi connectivity index (χ0) is 20.0. The Labute approximate surface area is 162 Å². The van der Waals surface area contributed by atoms with E-state index < -0.39 is 0 Å². The van der Waals surface area contributed by atoms with E-state index >= 15 is 0 Å². The summed E-state index contributed by atoms with van der Waals surface area (Å²) in [5.41, 5.74) is 1.87. The van der Waals surface area contributed by atoms with E-state index in [9.17, 15) is 4.79 Å². The van der Waals surface area contributed by atoms with E-state index in [1.165, 1.54) is 4.90 Å². The highest BCUT2D eigenvalue weighted by atomic mass is 16.5. The van der Waals surface area contributed by atoms with E-state index in [1.807, 2.05) is 37.3 Å². The Morgan fingerprint density at radius 1 is 0.893 bits per heavy atom. The zero-order valence-electron chi connectivity index (χ0n) is 16.5. The van der Waals surface area contributed by atoms with Crippen molar-refractivity contribution in [2.45, 2.75) is 13.8 Å². The van der Waals surface area contributed by atoms with Crippen LogP contribution in [0.25, 0.3) is 21.9 Å². The molecule has 2 aromatic heterocycles. The lowest BCUT2D eigenvalue weighted by Gasteiger charge is -2.09. The van der Waals surface area contributed by atoms with Crippen LogP contribution in [0.3, 0.4) is 0 Å². The molecule has 0 aliphatic heterocycles. The van der Waals surface area contributed by atoms with E-state index in [0.717, 1.165) is 16.5 Å². The molecule has 0 aliphatic rings. The number of rotatable bonds is 4. The molecule has 6 heteroatoms. The highest BCUT2D eigenvalue weighted by Crippen LogP contribution is 2.38. The van der Waals surface area contributed by atoms with Gasteiger partial charge in [0, 0.05) is 31.6 Å². The van der Waals surface area contributed by atoms with Crippen LogP contribution in [0.2, 0.25) is 0 Å². The average molecular weight is 379 g/mol. The summed E-state index contributed by atoms with van der Waals surface area (Å²) in [5, 5.41) is 1.62. The van der Waals surface area contributed by atoms with Crippen LogP contribution in [0, 0.1) is 13.8 Å². The van der Waals surface area contributed by atoms with Crippen LogP contribution in [0.1, 0.15) is 21.9 Å². The molecule has 6 nitrogen and oxygen atoms in total. The van der Waals surface area contributed by atoms with E-state index in [4.69, 9.17) is 18.3 Å². The first-order valence-corrected chi connectivity index (χ1v) is 8.89. The van der Waals surface area contributed by atoms with Gasteiger partial charge in [0.05, 0.1) is 18.1 Å². The summed E-state index contributed by atoms with van der Waals surface area (Å²) >= 11 is 0. The van der Waals surface area contributed by atoms with Gasteiger partial charge < -0.3 is 23.2 Å². The molecule has 0 atom stereocenters. The minimum atomic E-state index is -0.0875. The lowest BCUT2D eigenvalue weighted by molar-refractivity contribution is 0.0827. The number of carbonyl (C=O) groups is 1. The second kappa shape index (κ2) is 6.64. The van der Waals surface area contributed by atoms with Crippen molar-refractivity contribution in [2.24, 2.45) is 0 Å². The number of methoxy groups -OCH3 is 1. The molecule has 0 bridgehead atoms. The predicted molar refractivity (Wildman–Crippen MR) is 107 cm³/mol. The van der Waals surface area contributed by atoms with Crippen molar-refractivity contribution in [2.75, 3.05) is 21.2 Å². The maximum Gasteiger partial charge on any atom is 0.257 e. The second-order valence-corrected chi connectivity index (χ2v) is 6.84. The average Bonchev–Trinajstić information content (AvgIpc) is 3.15. The third-order valence-electron chi connectivity index (χ3n) is 4.69. The number of fused-ring (bicyclic) bond motifs is 2. The number of ether oxygens (including phenoxy) is 2. The molecule has 1 amide bonds. The first-order valence-electron chi connectivity index (χ1n) is 8.89. The van der Waals surface area contributed by atoms with Gasteiger partial charge >= 0.3 is 0 Å². The highest BCUT2D eigenvalue weighted by Gasteiger charge is 2.21. The van der Waals surface area contributed by atoms with Crippen molar-refractivity contribution >= 4 is 27.8 Å². The molecular weight excluding hydrogens is 358 g/mol. The first-order chi connectivity index (χ1) is 13.4. The molecule has 0 fully saturated rings. The van der Waals surface area contributed by atoms with E-state index in [-0.39, 0.29) is 5.91 Å². The third-order valence-corrected chi connectivity index (χ3v) is 4.69. The van der Waals surface area contributed by atoms with Gasteiger partial charge in [-0.3, -0.25) is 4.79 Å². The van der Waals surface area contributed by atoms with Crippen molar-refractivity contribution in [1.29, 1.82) is 0 Å². The van der Waals surface area contributed by atoms with Crippen molar-refractivity contribution in [3.05, 3.63) is 53.5 Å². The van der Waals surface area contributed by atoms with Crippen LogP contribution in [0.4, 0.5) is 0 Å². The number of benzene rings is 2. The molecule has 28 heavy (non-hydrogen) atoms. The van der Waals surface area contributed by atoms with Gasteiger partial charge in [-0.05, 0) is 38.1 Å². The fraction of sp³-hybridized carbons (Fsp3) is 0.227. The molecule has 0 N–H and O–H groups in total. The highest BCUT2D eigenvalue weighted by molar-refractivity contribution is 6.07. The lowest BCUT2D eigenvalue weighted by atomic mass is 10.1. The number of furan rings is 2. The number of hydrogen-bond donors (Lipinski definition) is 0. The smallest absolute Gasteiger partial charge is 0.257 e. The maximum absolute atomic E-state index is 12.4. The summed E-state index contributed by atoms with van der Waals surface area (Å²) in [4.78, 5) is 14.0. The molecule has 2 heterocycles. The summed E-state index contributed by atoms with van der Waals surface area (Å²) in [5.74, 6) is 3.14. The lowest BCUT2D eigenvalue weighted by Crippen LogP contribution is -2.22. The Balaban J connectivity index is 1.74. The summed E-state index contributed by atoms with van der Waals surface area (Å²) in [6, 6.07) is 11.1. The Kier molecular flexibility index (Phi) is 4.26. The van der Waals surface area contributed by atoms with Gasteiger partial charge in [-0.25, -0.2) is 0 Å². The van der Waals surface area contributed by atoms with Crippen LogP contribution in [-0.4, -0.2) is 32.0 Å². The van der Waals surface area contributed by atoms with Crippen LogP contribution in [-0.2, 0) is 0 Å². The van der Waals surface area contributed by atoms with Crippen LogP contribution >= 0.6 is 0 Å². The van der Waals surface area contributed by atoms with Crippen molar-refractivity contribution in [1.82, 2.24) is 4.90 Å². The molecule has 4 aromatic rings. The number of hydrogen-bond acceptors (Lipinski definition) is 5. The summed E-state index contributed by atoms with van der Waals surface area (Å²) in [6.07, 6.45) is 0. The number of nitrogens with zero attached hydrogens (tertiary/aromatic N) is 1. The molecule has 0 saturated carbocycles. The van der Waals surface area contributed by atoms with Gasteiger partial charge in [0.2, 0.25) is 0 Å². The molecule has 0 unspecified atom stereocenters. The van der Waals surface area contributed by atoms with Gasteiger partial charge in [0.15, 0.2) is 5.75 Å². The summed E-state index contributed by atoms with van der Waals surface area (Å²) < 4.78 is 23.0. The Bertz CT molecular complexity index is 1200. The molecule has 2 aromatic carbocycles. The quantitative estimate of drug-likeness (QED) is 0.481. The molecule has 0 spiro atoms. The zero-order valence-corrected chi connectivity index (χ0v) is 16.5. The Morgan fingerprint density at radius 2 is 1.50 bits per heavy atom. The molecule has 0 radical (unpaired) electrons.